The first-order valence-corrected chi connectivity index (χ1v) is 7.36. The van der Waals surface area contributed by atoms with Crippen molar-refractivity contribution in [2.45, 2.75) is 18.5 Å². The van der Waals surface area contributed by atoms with E-state index in [1.807, 2.05) is 12.1 Å². The highest BCUT2D eigenvalue weighted by Crippen LogP contribution is 2.24. The van der Waals surface area contributed by atoms with Gasteiger partial charge in [-0.1, -0.05) is 18.2 Å². The van der Waals surface area contributed by atoms with E-state index in [0.717, 1.165) is 31.8 Å². The van der Waals surface area contributed by atoms with Crippen LogP contribution in [-0.2, 0) is 6.42 Å². The number of benzene rings is 1. The first-order valence-electron chi connectivity index (χ1n) is 7.36. The van der Waals surface area contributed by atoms with Gasteiger partial charge in [0.05, 0.1) is 7.11 Å². The molecular formula is C15H24N4O. The molecule has 3 aliphatic heterocycles. The van der Waals surface area contributed by atoms with Gasteiger partial charge in [0.1, 0.15) is 5.75 Å². The molecule has 5 nitrogen and oxygen atoms in total. The van der Waals surface area contributed by atoms with Gasteiger partial charge in [-0.25, -0.2) is 0 Å². The molecule has 20 heavy (non-hydrogen) atoms. The van der Waals surface area contributed by atoms with Gasteiger partial charge in [-0.15, -0.1) is 0 Å². The fourth-order valence-electron chi connectivity index (χ4n) is 3.45. The summed E-state index contributed by atoms with van der Waals surface area (Å²) in [6.45, 7) is 5.83. The van der Waals surface area contributed by atoms with Gasteiger partial charge in [-0.05, 0) is 18.1 Å². The van der Waals surface area contributed by atoms with E-state index in [2.05, 4.69) is 27.4 Å². The largest absolute Gasteiger partial charge is 0.496 e. The van der Waals surface area contributed by atoms with Crippen LogP contribution < -0.4 is 16.0 Å². The molecule has 3 saturated heterocycles. The summed E-state index contributed by atoms with van der Waals surface area (Å²) in [6, 6.07) is 8.95. The number of hydrogen-bond donors (Lipinski definition) is 2. The zero-order valence-electron chi connectivity index (χ0n) is 12.1. The lowest BCUT2D eigenvalue weighted by molar-refractivity contribution is -0.00321. The van der Waals surface area contributed by atoms with Crippen LogP contribution in [0.3, 0.4) is 0 Å². The van der Waals surface area contributed by atoms with E-state index in [9.17, 15) is 0 Å². The SMILES string of the molecule is COc1ccccc1CC(NN)C1CN2CCN1CC2. The van der Waals surface area contributed by atoms with Crippen molar-refractivity contribution in [1.82, 2.24) is 15.2 Å². The predicted octanol–water partition coefficient (Wildman–Crippen LogP) is 0.0694. The first-order chi connectivity index (χ1) is 9.81. The average molecular weight is 276 g/mol. The van der Waals surface area contributed by atoms with Crippen molar-refractivity contribution >= 4 is 0 Å². The number of hydrogen-bond acceptors (Lipinski definition) is 5. The summed E-state index contributed by atoms with van der Waals surface area (Å²) in [5.74, 6) is 6.79. The van der Waals surface area contributed by atoms with Crippen LogP contribution in [0, 0.1) is 0 Å². The van der Waals surface area contributed by atoms with E-state index in [-0.39, 0.29) is 6.04 Å². The molecular weight excluding hydrogens is 252 g/mol. The van der Waals surface area contributed by atoms with Crippen molar-refractivity contribution in [3.63, 3.8) is 0 Å². The number of fused-ring (bicyclic) bond motifs is 3. The van der Waals surface area contributed by atoms with Crippen LogP contribution in [0.4, 0.5) is 0 Å². The summed E-state index contributed by atoms with van der Waals surface area (Å²) in [7, 11) is 1.72. The Morgan fingerprint density at radius 1 is 1.30 bits per heavy atom. The van der Waals surface area contributed by atoms with E-state index in [4.69, 9.17) is 10.6 Å². The number of para-hydroxylation sites is 1. The molecule has 3 N–H and O–H groups in total. The molecule has 0 saturated carbocycles. The number of nitrogens with one attached hydrogen (secondary N) is 1. The molecule has 0 radical (unpaired) electrons. The summed E-state index contributed by atoms with van der Waals surface area (Å²) in [5.41, 5.74) is 4.25. The highest BCUT2D eigenvalue weighted by atomic mass is 16.5. The number of hydrazine groups is 1. The summed E-state index contributed by atoms with van der Waals surface area (Å²) in [4.78, 5) is 5.11. The maximum atomic E-state index is 5.84. The zero-order chi connectivity index (χ0) is 13.9. The third-order valence-electron chi connectivity index (χ3n) is 4.63. The Bertz CT molecular complexity index is 445. The lowest BCUT2D eigenvalue weighted by Crippen LogP contribution is -2.67. The minimum absolute atomic E-state index is 0.259. The van der Waals surface area contributed by atoms with E-state index >= 15 is 0 Å². The second kappa shape index (κ2) is 6.10. The maximum Gasteiger partial charge on any atom is 0.122 e. The van der Waals surface area contributed by atoms with Crippen LogP contribution in [0.15, 0.2) is 24.3 Å². The molecule has 2 bridgehead atoms. The third-order valence-corrected chi connectivity index (χ3v) is 4.63. The Kier molecular flexibility index (Phi) is 4.21. The highest BCUT2D eigenvalue weighted by Gasteiger charge is 2.36. The minimum atomic E-state index is 0.259. The topological polar surface area (TPSA) is 53.8 Å². The standard InChI is InChI=1S/C15H24N4O/c1-20-15-5-3-2-4-12(15)10-13(17-16)14-11-18-6-8-19(14)9-7-18/h2-5,13-14,17H,6-11,16H2,1H3. The van der Waals surface area contributed by atoms with E-state index in [1.54, 1.807) is 7.11 Å². The van der Waals surface area contributed by atoms with Gasteiger partial charge in [0.2, 0.25) is 0 Å². The number of rotatable bonds is 5. The summed E-state index contributed by atoms with van der Waals surface area (Å²) >= 11 is 0. The van der Waals surface area contributed by atoms with Crippen LogP contribution in [0.25, 0.3) is 0 Å². The Morgan fingerprint density at radius 2 is 2.05 bits per heavy atom. The third kappa shape index (κ3) is 2.67. The fourth-order valence-corrected chi connectivity index (χ4v) is 3.45. The van der Waals surface area contributed by atoms with E-state index in [0.29, 0.717) is 6.04 Å². The Morgan fingerprint density at radius 3 is 2.65 bits per heavy atom. The van der Waals surface area contributed by atoms with E-state index < -0.39 is 0 Å². The smallest absolute Gasteiger partial charge is 0.122 e. The second-order valence-corrected chi connectivity index (χ2v) is 5.69. The van der Waals surface area contributed by atoms with Gasteiger partial charge in [-0.3, -0.25) is 21.1 Å². The first kappa shape index (κ1) is 13.8. The zero-order valence-corrected chi connectivity index (χ0v) is 12.1. The van der Waals surface area contributed by atoms with Crippen molar-refractivity contribution in [2.24, 2.45) is 5.84 Å². The van der Waals surface area contributed by atoms with Gasteiger partial charge >= 0.3 is 0 Å². The molecule has 0 aromatic heterocycles. The Labute approximate surface area is 120 Å². The molecule has 4 rings (SSSR count). The predicted molar refractivity (Wildman–Crippen MR) is 79.6 cm³/mol. The summed E-state index contributed by atoms with van der Waals surface area (Å²) < 4.78 is 5.45. The van der Waals surface area contributed by atoms with Crippen molar-refractivity contribution in [2.75, 3.05) is 39.8 Å². The van der Waals surface area contributed by atoms with Crippen LogP contribution in [0.2, 0.25) is 0 Å². The number of methoxy groups -OCH3 is 1. The highest BCUT2D eigenvalue weighted by molar-refractivity contribution is 5.34. The van der Waals surface area contributed by atoms with Crippen molar-refractivity contribution in [3.8, 4) is 5.75 Å². The number of nitrogens with two attached hydrogens (primary N) is 1. The lowest BCUT2D eigenvalue weighted by Gasteiger charge is -2.50. The molecule has 3 heterocycles. The Balaban J connectivity index is 1.73. The van der Waals surface area contributed by atoms with Gasteiger partial charge in [0, 0.05) is 44.8 Å². The molecule has 0 spiro atoms. The lowest BCUT2D eigenvalue weighted by atomic mass is 9.94. The number of piperazine rings is 3. The minimum Gasteiger partial charge on any atom is -0.496 e. The molecule has 1 aromatic rings. The molecule has 5 heteroatoms. The van der Waals surface area contributed by atoms with Gasteiger partial charge < -0.3 is 4.74 Å². The maximum absolute atomic E-state index is 5.84. The average Bonchev–Trinajstić information content (AvgIpc) is 2.54. The summed E-state index contributed by atoms with van der Waals surface area (Å²) in [6.07, 6.45) is 0.898. The normalized spacial score (nSPS) is 30.2. The van der Waals surface area contributed by atoms with Gasteiger partial charge in [0.15, 0.2) is 0 Å². The molecule has 3 fully saturated rings. The Hall–Kier alpha value is -1.14. The van der Waals surface area contributed by atoms with Crippen LogP contribution in [-0.4, -0.2) is 61.7 Å². The van der Waals surface area contributed by atoms with Gasteiger partial charge in [0.25, 0.3) is 0 Å². The number of ether oxygens (including phenoxy) is 1. The monoisotopic (exact) mass is 276 g/mol. The molecule has 0 amide bonds. The molecule has 2 unspecified atom stereocenters. The molecule has 3 aliphatic rings. The molecule has 110 valence electrons. The van der Waals surface area contributed by atoms with Crippen LogP contribution >= 0.6 is 0 Å². The van der Waals surface area contributed by atoms with Crippen molar-refractivity contribution < 1.29 is 4.74 Å². The fraction of sp³-hybridized carbons (Fsp3) is 0.600. The van der Waals surface area contributed by atoms with Gasteiger partial charge in [-0.2, -0.15) is 0 Å². The molecule has 1 aromatic carbocycles. The van der Waals surface area contributed by atoms with Crippen LogP contribution in [0.1, 0.15) is 5.56 Å². The van der Waals surface area contributed by atoms with E-state index in [1.165, 1.54) is 18.7 Å². The molecule has 2 atom stereocenters. The van der Waals surface area contributed by atoms with Crippen LogP contribution in [0.5, 0.6) is 5.75 Å². The van der Waals surface area contributed by atoms with Crippen molar-refractivity contribution in [1.29, 1.82) is 0 Å². The molecule has 0 aliphatic carbocycles. The second-order valence-electron chi connectivity index (χ2n) is 5.69. The quantitative estimate of drug-likeness (QED) is 0.589. The number of nitrogens with zero attached hydrogens (tertiary/aromatic N) is 2. The van der Waals surface area contributed by atoms with Crippen molar-refractivity contribution in [3.05, 3.63) is 29.8 Å². The summed E-state index contributed by atoms with van der Waals surface area (Å²) in [5, 5.41) is 0.